The highest BCUT2D eigenvalue weighted by atomic mass is 16.5. The number of nitrogens with two attached hydrogens (primary N) is 1. The Bertz CT molecular complexity index is 646. The van der Waals surface area contributed by atoms with Gasteiger partial charge in [-0.2, -0.15) is 5.10 Å². The van der Waals surface area contributed by atoms with Crippen molar-refractivity contribution in [3.8, 4) is 5.75 Å². The van der Waals surface area contributed by atoms with Crippen LogP contribution >= 0.6 is 0 Å². The number of benzene rings is 2. The summed E-state index contributed by atoms with van der Waals surface area (Å²) in [6.07, 6.45) is 0. The van der Waals surface area contributed by atoms with Gasteiger partial charge in [0.15, 0.2) is 0 Å². The van der Waals surface area contributed by atoms with E-state index in [2.05, 4.69) is 10.5 Å². The molecule has 2 aromatic carbocycles. The molecular formula is C16H17N3O2. The second-order valence-electron chi connectivity index (χ2n) is 4.49. The van der Waals surface area contributed by atoms with E-state index in [0.29, 0.717) is 22.7 Å². The van der Waals surface area contributed by atoms with Crippen molar-refractivity contribution in [2.75, 3.05) is 12.8 Å². The van der Waals surface area contributed by atoms with Gasteiger partial charge in [-0.1, -0.05) is 12.1 Å². The molecule has 0 fully saturated rings. The highest BCUT2D eigenvalue weighted by Crippen LogP contribution is 2.11. The summed E-state index contributed by atoms with van der Waals surface area (Å²) in [4.78, 5) is 12.0. The number of carbonyl (C=O) groups excluding carboxylic acids is 1. The van der Waals surface area contributed by atoms with Gasteiger partial charge in [0.2, 0.25) is 0 Å². The van der Waals surface area contributed by atoms with Crippen molar-refractivity contribution in [1.82, 2.24) is 5.43 Å². The summed E-state index contributed by atoms with van der Waals surface area (Å²) in [6.45, 7) is 1.82. The Hall–Kier alpha value is -2.82. The molecule has 2 rings (SSSR count). The Morgan fingerprint density at radius 2 is 1.62 bits per heavy atom. The summed E-state index contributed by atoms with van der Waals surface area (Å²) in [5.74, 6) is 0.431. The van der Waals surface area contributed by atoms with Gasteiger partial charge < -0.3 is 10.5 Å². The van der Waals surface area contributed by atoms with E-state index in [-0.39, 0.29) is 5.91 Å². The number of hydrogen-bond donors (Lipinski definition) is 2. The quantitative estimate of drug-likeness (QED) is 0.514. The minimum Gasteiger partial charge on any atom is -0.497 e. The molecule has 0 heterocycles. The molecule has 0 aromatic heterocycles. The molecule has 0 spiro atoms. The predicted octanol–water partition coefficient (Wildman–Crippen LogP) is 2.43. The van der Waals surface area contributed by atoms with Crippen LogP contribution < -0.4 is 15.9 Å². The number of rotatable bonds is 4. The van der Waals surface area contributed by atoms with Crippen LogP contribution in [0.3, 0.4) is 0 Å². The Labute approximate surface area is 123 Å². The second-order valence-corrected chi connectivity index (χ2v) is 4.49. The van der Waals surface area contributed by atoms with Crippen LogP contribution in [0.25, 0.3) is 0 Å². The molecule has 0 aliphatic heterocycles. The summed E-state index contributed by atoms with van der Waals surface area (Å²) in [6, 6.07) is 14.1. The average Bonchev–Trinajstić information content (AvgIpc) is 2.53. The molecule has 108 valence electrons. The third-order valence-corrected chi connectivity index (χ3v) is 3.01. The third kappa shape index (κ3) is 3.82. The fraction of sp³-hybridized carbons (Fsp3) is 0.125. The number of nitrogens with zero attached hydrogens (tertiary/aromatic N) is 1. The Morgan fingerprint density at radius 3 is 2.19 bits per heavy atom. The fourth-order valence-corrected chi connectivity index (χ4v) is 1.73. The number of nitrogen functional groups attached to an aromatic ring is 1. The van der Waals surface area contributed by atoms with Gasteiger partial charge in [0.05, 0.1) is 12.8 Å². The van der Waals surface area contributed by atoms with Crippen LogP contribution in [0.1, 0.15) is 22.8 Å². The minimum absolute atomic E-state index is 0.271. The molecule has 0 saturated carbocycles. The number of amides is 1. The van der Waals surface area contributed by atoms with Gasteiger partial charge >= 0.3 is 0 Å². The Kier molecular flexibility index (Phi) is 4.56. The van der Waals surface area contributed by atoms with E-state index in [1.54, 1.807) is 43.5 Å². The maximum Gasteiger partial charge on any atom is 0.271 e. The molecule has 0 unspecified atom stereocenters. The molecule has 0 aliphatic rings. The lowest BCUT2D eigenvalue weighted by atomic mass is 10.1. The van der Waals surface area contributed by atoms with Gasteiger partial charge in [0.1, 0.15) is 5.75 Å². The van der Waals surface area contributed by atoms with Gasteiger partial charge in [-0.15, -0.1) is 0 Å². The Morgan fingerprint density at radius 1 is 1.05 bits per heavy atom. The molecule has 3 N–H and O–H groups in total. The van der Waals surface area contributed by atoms with Crippen molar-refractivity contribution in [3.63, 3.8) is 0 Å². The van der Waals surface area contributed by atoms with Crippen LogP contribution in [0.2, 0.25) is 0 Å². The number of methoxy groups -OCH3 is 1. The first kappa shape index (κ1) is 14.6. The first-order valence-corrected chi connectivity index (χ1v) is 6.45. The van der Waals surface area contributed by atoms with Crippen LogP contribution in [0.15, 0.2) is 53.6 Å². The summed E-state index contributed by atoms with van der Waals surface area (Å²) < 4.78 is 5.05. The van der Waals surface area contributed by atoms with E-state index in [1.807, 2.05) is 19.1 Å². The van der Waals surface area contributed by atoms with Gasteiger partial charge in [-0.25, -0.2) is 5.43 Å². The largest absolute Gasteiger partial charge is 0.497 e. The predicted molar refractivity (Wildman–Crippen MR) is 83.5 cm³/mol. The molecule has 21 heavy (non-hydrogen) atoms. The number of hydrogen-bond acceptors (Lipinski definition) is 4. The van der Waals surface area contributed by atoms with E-state index in [9.17, 15) is 4.79 Å². The zero-order chi connectivity index (χ0) is 15.2. The van der Waals surface area contributed by atoms with Crippen molar-refractivity contribution in [2.45, 2.75) is 6.92 Å². The number of hydrazone groups is 1. The molecular weight excluding hydrogens is 266 g/mol. The monoisotopic (exact) mass is 283 g/mol. The SMILES string of the molecule is COc1ccc(C(=O)NN=C(C)c2ccc(N)cc2)cc1. The first-order chi connectivity index (χ1) is 10.1. The second kappa shape index (κ2) is 6.56. The lowest BCUT2D eigenvalue weighted by Gasteiger charge is -2.04. The van der Waals surface area contributed by atoms with E-state index in [1.165, 1.54) is 0 Å². The highest BCUT2D eigenvalue weighted by molar-refractivity contribution is 6.01. The van der Waals surface area contributed by atoms with Crippen molar-refractivity contribution in [2.24, 2.45) is 5.10 Å². The maximum atomic E-state index is 12.0. The number of anilines is 1. The van der Waals surface area contributed by atoms with Crippen LogP contribution in [0.4, 0.5) is 5.69 Å². The maximum absolute atomic E-state index is 12.0. The van der Waals surface area contributed by atoms with E-state index in [4.69, 9.17) is 10.5 Å². The number of nitrogens with one attached hydrogen (secondary N) is 1. The summed E-state index contributed by atoms with van der Waals surface area (Å²) in [7, 11) is 1.58. The number of carbonyl (C=O) groups is 1. The lowest BCUT2D eigenvalue weighted by molar-refractivity contribution is 0.0955. The standard InChI is InChI=1S/C16H17N3O2/c1-11(12-3-7-14(17)8-4-12)18-19-16(20)13-5-9-15(21-2)10-6-13/h3-10H,17H2,1-2H3,(H,19,20). The minimum atomic E-state index is -0.271. The molecule has 5 heteroatoms. The summed E-state index contributed by atoms with van der Waals surface area (Å²) >= 11 is 0. The van der Waals surface area contributed by atoms with Gasteiger partial charge in [0, 0.05) is 11.3 Å². The van der Waals surface area contributed by atoms with Crippen molar-refractivity contribution in [1.29, 1.82) is 0 Å². The molecule has 0 bridgehead atoms. The normalized spacial score (nSPS) is 11.0. The molecule has 0 atom stereocenters. The molecule has 5 nitrogen and oxygen atoms in total. The smallest absolute Gasteiger partial charge is 0.271 e. The molecule has 0 saturated heterocycles. The van der Waals surface area contributed by atoms with Crippen molar-refractivity contribution >= 4 is 17.3 Å². The van der Waals surface area contributed by atoms with E-state index in [0.717, 1.165) is 5.56 Å². The summed E-state index contributed by atoms with van der Waals surface area (Å²) in [5, 5.41) is 4.09. The highest BCUT2D eigenvalue weighted by Gasteiger charge is 2.05. The van der Waals surface area contributed by atoms with Gasteiger partial charge in [-0.3, -0.25) is 4.79 Å². The zero-order valence-electron chi connectivity index (χ0n) is 12.0. The van der Waals surface area contributed by atoms with Crippen LogP contribution in [-0.4, -0.2) is 18.7 Å². The van der Waals surface area contributed by atoms with Gasteiger partial charge in [0.25, 0.3) is 5.91 Å². The molecule has 0 radical (unpaired) electrons. The Balaban J connectivity index is 2.04. The topological polar surface area (TPSA) is 76.7 Å². The summed E-state index contributed by atoms with van der Waals surface area (Å²) in [5.41, 5.74) is 11.0. The number of ether oxygens (including phenoxy) is 1. The van der Waals surface area contributed by atoms with Gasteiger partial charge in [-0.05, 0) is 48.9 Å². The fourth-order valence-electron chi connectivity index (χ4n) is 1.73. The molecule has 2 aromatic rings. The van der Waals surface area contributed by atoms with E-state index < -0.39 is 0 Å². The average molecular weight is 283 g/mol. The third-order valence-electron chi connectivity index (χ3n) is 3.01. The van der Waals surface area contributed by atoms with Crippen LogP contribution in [0.5, 0.6) is 5.75 Å². The first-order valence-electron chi connectivity index (χ1n) is 6.45. The van der Waals surface area contributed by atoms with Crippen LogP contribution in [0, 0.1) is 0 Å². The lowest BCUT2D eigenvalue weighted by Crippen LogP contribution is -2.19. The van der Waals surface area contributed by atoms with Crippen LogP contribution in [-0.2, 0) is 0 Å². The molecule has 0 aliphatic carbocycles. The van der Waals surface area contributed by atoms with Crippen molar-refractivity contribution < 1.29 is 9.53 Å². The van der Waals surface area contributed by atoms with E-state index >= 15 is 0 Å². The van der Waals surface area contributed by atoms with Crippen molar-refractivity contribution in [3.05, 3.63) is 59.7 Å². The zero-order valence-corrected chi connectivity index (χ0v) is 12.0. The molecule has 1 amide bonds.